The highest BCUT2D eigenvalue weighted by Crippen LogP contribution is 2.27. The molecule has 120 valence electrons. The molecule has 2 atom stereocenters. The zero-order valence-electron chi connectivity index (χ0n) is 12.7. The van der Waals surface area contributed by atoms with Crippen molar-refractivity contribution in [1.82, 2.24) is 4.90 Å². The monoisotopic (exact) mass is 377 g/mol. The molecule has 2 aromatic rings. The molecule has 0 aromatic heterocycles. The molecule has 5 heteroatoms. The molecule has 1 aliphatic rings. The van der Waals surface area contributed by atoms with E-state index in [-0.39, 0.29) is 23.9 Å². The van der Waals surface area contributed by atoms with Crippen LogP contribution in [0.5, 0.6) is 0 Å². The van der Waals surface area contributed by atoms with Crippen LogP contribution in [0, 0.1) is 5.82 Å². The van der Waals surface area contributed by atoms with Crippen LogP contribution in [0.15, 0.2) is 53.0 Å². The Morgan fingerprint density at radius 2 is 1.87 bits per heavy atom. The molecule has 1 saturated heterocycles. The zero-order valence-corrected chi connectivity index (χ0v) is 14.3. The third-order valence-electron chi connectivity index (χ3n) is 3.89. The molecular weight excluding hydrogens is 361 g/mol. The van der Waals surface area contributed by atoms with Crippen molar-refractivity contribution < 1.29 is 13.9 Å². The third-order valence-corrected chi connectivity index (χ3v) is 4.59. The smallest absolute Gasteiger partial charge is 0.255 e. The van der Waals surface area contributed by atoms with Gasteiger partial charge in [-0.2, -0.15) is 0 Å². The number of rotatable bonds is 2. The number of morpholine rings is 1. The van der Waals surface area contributed by atoms with Crippen LogP contribution in [0.25, 0.3) is 0 Å². The Kier molecular flexibility index (Phi) is 4.78. The molecule has 2 unspecified atom stereocenters. The first-order valence-corrected chi connectivity index (χ1v) is 8.28. The van der Waals surface area contributed by atoms with Crippen molar-refractivity contribution in [2.75, 3.05) is 13.1 Å². The van der Waals surface area contributed by atoms with Gasteiger partial charge in [0, 0.05) is 11.0 Å². The van der Waals surface area contributed by atoms with E-state index in [4.69, 9.17) is 4.74 Å². The topological polar surface area (TPSA) is 29.5 Å². The summed E-state index contributed by atoms with van der Waals surface area (Å²) in [4.78, 5) is 14.6. The van der Waals surface area contributed by atoms with E-state index in [2.05, 4.69) is 15.9 Å². The highest BCUT2D eigenvalue weighted by molar-refractivity contribution is 9.10. The quantitative estimate of drug-likeness (QED) is 0.784. The SMILES string of the molecule is CC1CN(C(=O)c2ccccc2Br)CC(c2ccc(F)cc2)O1. The summed E-state index contributed by atoms with van der Waals surface area (Å²) in [5.74, 6) is -0.307. The van der Waals surface area contributed by atoms with E-state index in [1.165, 1.54) is 12.1 Å². The van der Waals surface area contributed by atoms with Crippen LogP contribution in [0.2, 0.25) is 0 Å². The number of halogens is 2. The maximum Gasteiger partial charge on any atom is 0.255 e. The Morgan fingerprint density at radius 3 is 2.57 bits per heavy atom. The van der Waals surface area contributed by atoms with Crippen molar-refractivity contribution >= 4 is 21.8 Å². The van der Waals surface area contributed by atoms with Crippen molar-refractivity contribution in [3.8, 4) is 0 Å². The number of nitrogens with zero attached hydrogens (tertiary/aromatic N) is 1. The summed E-state index contributed by atoms with van der Waals surface area (Å²) in [6.07, 6.45) is -0.323. The van der Waals surface area contributed by atoms with E-state index in [9.17, 15) is 9.18 Å². The molecule has 0 N–H and O–H groups in total. The van der Waals surface area contributed by atoms with Crippen molar-refractivity contribution in [3.63, 3.8) is 0 Å². The number of benzene rings is 2. The second-order valence-corrected chi connectivity index (χ2v) is 6.53. The van der Waals surface area contributed by atoms with E-state index in [0.717, 1.165) is 10.0 Å². The predicted octanol–water partition coefficient (Wildman–Crippen LogP) is 4.19. The van der Waals surface area contributed by atoms with Crippen LogP contribution < -0.4 is 0 Å². The van der Waals surface area contributed by atoms with Crippen molar-refractivity contribution in [3.05, 3.63) is 69.9 Å². The van der Waals surface area contributed by atoms with Crippen molar-refractivity contribution in [1.29, 1.82) is 0 Å². The first-order valence-electron chi connectivity index (χ1n) is 7.49. The normalized spacial score (nSPS) is 21.3. The molecule has 1 aliphatic heterocycles. The molecular formula is C18H17BrFNO2. The van der Waals surface area contributed by atoms with Gasteiger partial charge in [0.1, 0.15) is 11.9 Å². The maximum atomic E-state index is 13.1. The molecule has 0 spiro atoms. The number of amides is 1. The molecule has 0 bridgehead atoms. The van der Waals surface area contributed by atoms with Gasteiger partial charge < -0.3 is 9.64 Å². The number of hydrogen-bond acceptors (Lipinski definition) is 2. The molecule has 1 fully saturated rings. The number of carbonyl (C=O) groups is 1. The van der Waals surface area contributed by atoms with E-state index in [1.54, 1.807) is 23.1 Å². The van der Waals surface area contributed by atoms with Crippen molar-refractivity contribution in [2.45, 2.75) is 19.1 Å². The third kappa shape index (κ3) is 3.62. The minimum Gasteiger partial charge on any atom is -0.367 e. The highest BCUT2D eigenvalue weighted by Gasteiger charge is 2.30. The summed E-state index contributed by atoms with van der Waals surface area (Å²) in [7, 11) is 0. The first-order chi connectivity index (χ1) is 11.0. The van der Waals surface area contributed by atoms with Gasteiger partial charge in [0.2, 0.25) is 0 Å². The van der Waals surface area contributed by atoms with Crippen LogP contribution in [0.3, 0.4) is 0 Å². The fraction of sp³-hybridized carbons (Fsp3) is 0.278. The Bertz CT molecular complexity index is 704. The Hall–Kier alpha value is -1.72. The lowest BCUT2D eigenvalue weighted by atomic mass is 10.1. The molecule has 0 radical (unpaired) electrons. The summed E-state index contributed by atoms with van der Waals surface area (Å²) in [6.45, 7) is 2.93. The van der Waals surface area contributed by atoms with Gasteiger partial charge in [0.15, 0.2) is 0 Å². The average molecular weight is 378 g/mol. The fourth-order valence-electron chi connectivity index (χ4n) is 2.78. The number of hydrogen-bond donors (Lipinski definition) is 0. The first kappa shape index (κ1) is 16.1. The predicted molar refractivity (Wildman–Crippen MR) is 89.7 cm³/mol. The molecule has 0 saturated carbocycles. The largest absolute Gasteiger partial charge is 0.367 e. The maximum absolute atomic E-state index is 13.1. The van der Waals surface area contributed by atoms with E-state index in [1.807, 2.05) is 25.1 Å². The fourth-order valence-corrected chi connectivity index (χ4v) is 3.24. The van der Waals surface area contributed by atoms with E-state index >= 15 is 0 Å². The highest BCUT2D eigenvalue weighted by atomic mass is 79.9. The summed E-state index contributed by atoms with van der Waals surface area (Å²) in [5.41, 5.74) is 1.52. The van der Waals surface area contributed by atoms with Gasteiger partial charge >= 0.3 is 0 Å². The van der Waals surface area contributed by atoms with E-state index in [0.29, 0.717) is 18.7 Å². The van der Waals surface area contributed by atoms with E-state index < -0.39 is 0 Å². The van der Waals surface area contributed by atoms with Gasteiger partial charge in [-0.1, -0.05) is 24.3 Å². The molecule has 3 rings (SSSR count). The minimum atomic E-state index is -0.279. The second kappa shape index (κ2) is 6.81. The lowest BCUT2D eigenvalue weighted by Crippen LogP contribution is -2.46. The zero-order chi connectivity index (χ0) is 16.4. The Morgan fingerprint density at radius 1 is 1.17 bits per heavy atom. The van der Waals surface area contributed by atoms with Gasteiger partial charge in [-0.3, -0.25) is 4.79 Å². The van der Waals surface area contributed by atoms with Gasteiger partial charge in [-0.15, -0.1) is 0 Å². The second-order valence-electron chi connectivity index (χ2n) is 5.68. The lowest BCUT2D eigenvalue weighted by molar-refractivity contribution is -0.0692. The molecule has 23 heavy (non-hydrogen) atoms. The van der Waals surface area contributed by atoms with Gasteiger partial charge in [-0.25, -0.2) is 4.39 Å². The Balaban J connectivity index is 1.82. The standard InChI is InChI=1S/C18H17BrFNO2/c1-12-10-21(18(22)15-4-2-3-5-16(15)19)11-17(23-12)13-6-8-14(20)9-7-13/h2-9,12,17H,10-11H2,1H3. The Labute approximate surface area is 143 Å². The summed E-state index contributed by atoms with van der Waals surface area (Å²) in [6, 6.07) is 13.6. The molecule has 1 amide bonds. The molecule has 0 aliphatic carbocycles. The van der Waals surface area contributed by atoms with Crippen LogP contribution >= 0.6 is 15.9 Å². The minimum absolute atomic E-state index is 0.0280. The van der Waals surface area contributed by atoms with Crippen LogP contribution in [0.1, 0.15) is 28.9 Å². The van der Waals surface area contributed by atoms with Gasteiger partial charge in [0.25, 0.3) is 5.91 Å². The summed E-state index contributed by atoms with van der Waals surface area (Å²) < 4.78 is 19.8. The molecule has 3 nitrogen and oxygen atoms in total. The average Bonchev–Trinajstić information content (AvgIpc) is 2.55. The molecule has 2 aromatic carbocycles. The molecule has 1 heterocycles. The lowest BCUT2D eigenvalue weighted by Gasteiger charge is -2.37. The summed E-state index contributed by atoms with van der Waals surface area (Å²) >= 11 is 3.43. The number of carbonyl (C=O) groups excluding carboxylic acids is 1. The number of ether oxygens (including phenoxy) is 1. The van der Waals surface area contributed by atoms with Crippen molar-refractivity contribution in [2.24, 2.45) is 0 Å². The van der Waals surface area contributed by atoms with Crippen LogP contribution in [-0.4, -0.2) is 30.0 Å². The van der Waals surface area contributed by atoms with Gasteiger partial charge in [0.05, 0.1) is 18.2 Å². The summed E-state index contributed by atoms with van der Waals surface area (Å²) in [5, 5.41) is 0. The van der Waals surface area contributed by atoms with Gasteiger partial charge in [-0.05, 0) is 52.7 Å². The van der Waals surface area contributed by atoms with Crippen LogP contribution in [-0.2, 0) is 4.74 Å². The van der Waals surface area contributed by atoms with Crippen LogP contribution in [0.4, 0.5) is 4.39 Å².